The predicted molar refractivity (Wildman–Crippen MR) is 54.3 cm³/mol. The second-order valence-corrected chi connectivity index (χ2v) is 7.19. The van der Waals surface area contributed by atoms with Crippen LogP contribution in [0.1, 0.15) is 25.7 Å². The lowest BCUT2D eigenvalue weighted by Crippen LogP contribution is -2.64. The number of carbonyl (C=O) groups excluding carboxylic acids is 2. The minimum absolute atomic E-state index is 0.0914. The van der Waals surface area contributed by atoms with Gasteiger partial charge in [-0.15, -0.1) is 0 Å². The van der Waals surface area contributed by atoms with Gasteiger partial charge in [-0.25, -0.2) is 0 Å². The summed E-state index contributed by atoms with van der Waals surface area (Å²) < 4.78 is 0. The average molecular weight is 214 g/mol. The molecule has 0 N–H and O–H groups in total. The van der Waals surface area contributed by atoms with Crippen LogP contribution >= 0.6 is 0 Å². The van der Waals surface area contributed by atoms with Crippen molar-refractivity contribution in [2.75, 3.05) is 0 Å². The lowest BCUT2D eigenvalue weighted by Gasteiger charge is -2.59. The maximum absolute atomic E-state index is 12.7. The molecule has 16 heavy (non-hydrogen) atoms. The molecule has 2 nitrogen and oxygen atoms in total. The van der Waals surface area contributed by atoms with Crippen molar-refractivity contribution in [1.29, 1.82) is 0 Å². The Morgan fingerprint density at radius 3 is 1.88 bits per heavy atom. The number of hydrogen-bond donors (Lipinski definition) is 0. The zero-order valence-electron chi connectivity index (χ0n) is 9.11. The first-order chi connectivity index (χ1) is 7.75. The van der Waals surface area contributed by atoms with Gasteiger partial charge in [0.05, 0.1) is 0 Å². The van der Waals surface area contributed by atoms with Gasteiger partial charge in [0.25, 0.3) is 0 Å². The summed E-state index contributed by atoms with van der Waals surface area (Å²) in [7, 11) is 0. The quantitative estimate of drug-likeness (QED) is 0.611. The molecular weight excluding hydrogens is 200 g/mol. The number of Topliss-reactive ketones (excluding diaryl/α,β-unsaturated/α-hetero) is 2. The Morgan fingerprint density at radius 2 is 1.38 bits per heavy atom. The normalized spacial score (nSPS) is 75.2. The molecule has 0 aliphatic heterocycles. The Hall–Kier alpha value is -0.660. The van der Waals surface area contributed by atoms with Crippen LogP contribution in [0.25, 0.3) is 0 Å². The largest absolute Gasteiger partial charge is 0.299 e. The first kappa shape index (κ1) is 7.62. The number of ketones is 2. The highest BCUT2D eigenvalue weighted by molar-refractivity contribution is 6.11. The fourth-order valence-electron chi connectivity index (χ4n) is 8.01. The summed E-state index contributed by atoms with van der Waals surface area (Å²) >= 11 is 0. The Bertz CT molecular complexity index is 465. The molecule has 6 fully saturated rings. The highest BCUT2D eigenvalue weighted by Gasteiger charge is 2.96. The molecular formula is C14H14O2. The van der Waals surface area contributed by atoms with Gasteiger partial charge in [0.1, 0.15) is 11.6 Å². The van der Waals surface area contributed by atoms with E-state index in [4.69, 9.17) is 0 Å². The van der Waals surface area contributed by atoms with Gasteiger partial charge in [-0.05, 0) is 42.9 Å². The molecule has 6 saturated carbocycles. The van der Waals surface area contributed by atoms with Crippen molar-refractivity contribution in [3.63, 3.8) is 0 Å². The van der Waals surface area contributed by atoms with E-state index >= 15 is 0 Å². The van der Waals surface area contributed by atoms with Crippen LogP contribution in [0, 0.1) is 46.3 Å². The monoisotopic (exact) mass is 214 g/mol. The van der Waals surface area contributed by atoms with Crippen molar-refractivity contribution in [3.05, 3.63) is 0 Å². The van der Waals surface area contributed by atoms with E-state index in [1.165, 1.54) is 6.42 Å². The van der Waals surface area contributed by atoms with Crippen LogP contribution in [0.4, 0.5) is 0 Å². The van der Waals surface area contributed by atoms with Crippen molar-refractivity contribution in [1.82, 2.24) is 0 Å². The molecule has 6 aliphatic rings. The maximum atomic E-state index is 12.7. The molecule has 0 aromatic rings. The van der Waals surface area contributed by atoms with Crippen molar-refractivity contribution in [2.24, 2.45) is 46.3 Å². The third-order valence-corrected chi connectivity index (χ3v) is 7.72. The lowest BCUT2D eigenvalue weighted by atomic mass is 9.41. The van der Waals surface area contributed by atoms with E-state index in [1.54, 1.807) is 0 Å². The van der Waals surface area contributed by atoms with Crippen LogP contribution in [0.5, 0.6) is 0 Å². The Labute approximate surface area is 93.8 Å². The van der Waals surface area contributed by atoms with E-state index in [0.717, 1.165) is 19.3 Å². The van der Waals surface area contributed by atoms with Crippen LogP contribution in [0.15, 0.2) is 0 Å². The second-order valence-electron chi connectivity index (χ2n) is 7.19. The molecule has 0 aromatic heterocycles. The maximum Gasteiger partial charge on any atom is 0.144 e. The molecule has 0 aromatic carbocycles. The van der Waals surface area contributed by atoms with Gasteiger partial charge in [-0.2, -0.15) is 0 Å². The fourth-order valence-corrected chi connectivity index (χ4v) is 8.01. The Morgan fingerprint density at radius 1 is 0.875 bits per heavy atom. The first-order valence-corrected chi connectivity index (χ1v) is 6.84. The first-order valence-electron chi connectivity index (χ1n) is 6.84. The number of fused-ring (bicyclic) bond motifs is 1. The molecule has 0 heterocycles. The van der Waals surface area contributed by atoms with Crippen LogP contribution in [-0.2, 0) is 9.59 Å². The Kier molecular flexibility index (Phi) is 0.786. The number of hydrogen-bond acceptors (Lipinski definition) is 2. The minimum Gasteiger partial charge on any atom is -0.299 e. The van der Waals surface area contributed by atoms with Crippen LogP contribution < -0.4 is 0 Å². The highest BCUT2D eigenvalue weighted by Crippen LogP contribution is 2.93. The van der Waals surface area contributed by atoms with Gasteiger partial charge in [-0.3, -0.25) is 9.59 Å². The summed E-state index contributed by atoms with van der Waals surface area (Å²) in [6.07, 6.45) is 4.49. The van der Waals surface area contributed by atoms with Gasteiger partial charge in [-0.1, -0.05) is 6.42 Å². The van der Waals surface area contributed by atoms with Crippen molar-refractivity contribution < 1.29 is 9.59 Å². The highest BCUT2D eigenvalue weighted by atomic mass is 16.2. The zero-order chi connectivity index (χ0) is 10.4. The topological polar surface area (TPSA) is 34.1 Å². The van der Waals surface area contributed by atoms with E-state index in [1.807, 2.05) is 0 Å². The third-order valence-electron chi connectivity index (χ3n) is 7.72. The Balaban J connectivity index is 1.82. The molecule has 0 saturated heterocycles. The van der Waals surface area contributed by atoms with Crippen molar-refractivity contribution in [2.45, 2.75) is 25.7 Å². The van der Waals surface area contributed by atoms with E-state index in [0.29, 0.717) is 35.2 Å². The zero-order valence-corrected chi connectivity index (χ0v) is 9.11. The molecule has 6 rings (SSSR count). The summed E-state index contributed by atoms with van der Waals surface area (Å²) in [4.78, 5) is 25.4. The van der Waals surface area contributed by atoms with Gasteiger partial charge in [0.15, 0.2) is 0 Å². The summed E-state index contributed by atoms with van der Waals surface area (Å²) in [6, 6.07) is 0. The molecule has 0 amide bonds. The molecule has 2 spiro atoms. The minimum atomic E-state index is -0.0914. The number of carbonyl (C=O) groups is 2. The van der Waals surface area contributed by atoms with Crippen LogP contribution in [0.2, 0.25) is 0 Å². The van der Waals surface area contributed by atoms with Crippen molar-refractivity contribution >= 4 is 11.6 Å². The standard InChI is InChI=1S/C14H14O2/c15-11-7-5-4-6-8(7)12(16)14-3-1-2-13(11,14)9(5)10(6)14/h5-10H,1-4H2. The van der Waals surface area contributed by atoms with E-state index < -0.39 is 0 Å². The average Bonchev–Trinajstić information content (AvgIpc) is 2.90. The summed E-state index contributed by atoms with van der Waals surface area (Å²) in [5.41, 5.74) is -0.183. The molecule has 6 aliphatic carbocycles. The molecule has 2 bridgehead atoms. The molecule has 82 valence electrons. The smallest absolute Gasteiger partial charge is 0.144 e. The van der Waals surface area contributed by atoms with E-state index in [2.05, 4.69) is 0 Å². The SMILES string of the molecule is O=C1C2C3CC4C2C(=O)C25CCCC12C3C45. The van der Waals surface area contributed by atoms with Crippen LogP contribution in [0.3, 0.4) is 0 Å². The number of rotatable bonds is 0. The molecule has 2 heteroatoms. The predicted octanol–water partition coefficient (Wildman–Crippen LogP) is 1.44. The molecule has 0 radical (unpaired) electrons. The van der Waals surface area contributed by atoms with E-state index in [-0.39, 0.29) is 22.7 Å². The summed E-state index contributed by atoms with van der Waals surface area (Å²) in [5.74, 6) is 4.14. The van der Waals surface area contributed by atoms with Gasteiger partial charge in [0, 0.05) is 22.7 Å². The van der Waals surface area contributed by atoms with Gasteiger partial charge < -0.3 is 0 Å². The van der Waals surface area contributed by atoms with Crippen molar-refractivity contribution in [3.8, 4) is 0 Å². The molecule has 8 atom stereocenters. The summed E-state index contributed by atoms with van der Waals surface area (Å²) in [5, 5.41) is 0. The third kappa shape index (κ3) is 0.349. The second kappa shape index (κ2) is 1.65. The summed E-state index contributed by atoms with van der Waals surface area (Å²) in [6.45, 7) is 0. The lowest BCUT2D eigenvalue weighted by molar-refractivity contribution is -0.180. The van der Waals surface area contributed by atoms with Crippen LogP contribution in [-0.4, -0.2) is 11.6 Å². The van der Waals surface area contributed by atoms with Gasteiger partial charge >= 0.3 is 0 Å². The van der Waals surface area contributed by atoms with E-state index in [9.17, 15) is 9.59 Å². The van der Waals surface area contributed by atoms with Gasteiger partial charge in [0.2, 0.25) is 0 Å². The fraction of sp³-hybridized carbons (Fsp3) is 0.857. The molecule has 8 unspecified atom stereocenters.